The van der Waals surface area contributed by atoms with Crippen LogP contribution in [-0.2, 0) is 16.1 Å². The molecule has 2 saturated heterocycles. The molecule has 0 radical (unpaired) electrons. The van der Waals surface area contributed by atoms with E-state index in [1.807, 2.05) is 46.5 Å². The van der Waals surface area contributed by atoms with Gasteiger partial charge in [0.05, 0.1) is 27.4 Å². The van der Waals surface area contributed by atoms with E-state index in [-0.39, 0.29) is 58.8 Å². The van der Waals surface area contributed by atoms with Gasteiger partial charge in [0.1, 0.15) is 24.0 Å². The molecule has 0 aromatic heterocycles. The maximum absolute atomic E-state index is 13.9. The number of amides is 5. The standard InChI is InChI=1S/C49H45ClN6O6/c1-48(2)46(49(3,4)47(48)62-35-13-11-31(26-51)39(50)25-35)55-27-32-23-30(10-14-36(32)43(55)59)9-8-29-18-21-53(22-19-29)34-7-5-6-20-54(28-34)33-12-15-37-38(24-33)45(61)56(44(37)60)40-16-17-41(57)52-42(40)58/h5-7,10-15,20,23-25,28-29,40,46-47H,16-19,21-22,27H2,1-4H3,(H,52,57,58)/t40?,46-,47-. The van der Waals surface area contributed by atoms with Crippen molar-refractivity contribution in [3.05, 3.63) is 129 Å². The van der Waals surface area contributed by atoms with E-state index in [1.165, 1.54) is 0 Å². The average molecular weight is 849 g/mol. The number of carbonyl (C=O) groups excluding carboxylic acids is 5. The molecule has 1 aliphatic carbocycles. The van der Waals surface area contributed by atoms with Gasteiger partial charge >= 0.3 is 0 Å². The molecule has 5 heterocycles. The number of hydrogen-bond donors (Lipinski definition) is 1. The Labute approximate surface area is 365 Å². The lowest BCUT2D eigenvalue weighted by atomic mass is 9.49. The van der Waals surface area contributed by atoms with Gasteiger partial charge in [0.2, 0.25) is 11.8 Å². The van der Waals surface area contributed by atoms with E-state index >= 15 is 0 Å². The van der Waals surface area contributed by atoms with Gasteiger partial charge in [-0.05, 0) is 85.5 Å². The van der Waals surface area contributed by atoms with Gasteiger partial charge in [-0.3, -0.25) is 34.2 Å². The van der Waals surface area contributed by atoms with Crippen molar-refractivity contribution in [3.63, 3.8) is 0 Å². The smallest absolute Gasteiger partial charge is 0.262 e. The topological polar surface area (TPSA) is 143 Å². The van der Waals surface area contributed by atoms with Crippen molar-refractivity contribution >= 4 is 46.8 Å². The summed E-state index contributed by atoms with van der Waals surface area (Å²) in [5, 5.41) is 11.9. The summed E-state index contributed by atoms with van der Waals surface area (Å²) >= 11 is 6.30. The molecule has 3 aromatic rings. The Morgan fingerprint density at radius 3 is 2.31 bits per heavy atom. The number of nitrogens with zero attached hydrogens (tertiary/aromatic N) is 5. The first-order valence-electron chi connectivity index (χ1n) is 20.9. The van der Waals surface area contributed by atoms with Crippen molar-refractivity contribution in [2.45, 2.75) is 78.1 Å². The molecule has 5 aliphatic heterocycles. The molecule has 1 unspecified atom stereocenters. The second-order valence-corrected chi connectivity index (χ2v) is 18.4. The number of nitriles is 1. The SMILES string of the molecule is CC1(C)[C@H](Oc2ccc(C#N)c(Cl)c2)C(C)(C)[C@H]1N1Cc2cc(C#CC3CCN(C4=CN(c5ccc6c(c5)C(=O)N(C5CCC(=O)NC5=O)C6=O)C=CC=C4)CC3)ccc2C1=O. The van der Waals surface area contributed by atoms with Gasteiger partial charge in [0, 0.05) is 84.1 Å². The van der Waals surface area contributed by atoms with E-state index in [9.17, 15) is 29.2 Å². The van der Waals surface area contributed by atoms with Gasteiger partial charge in [-0.1, -0.05) is 57.2 Å². The minimum absolute atomic E-state index is 0.0183. The highest BCUT2D eigenvalue weighted by molar-refractivity contribution is 6.31. The number of hydrogen-bond acceptors (Lipinski definition) is 9. The van der Waals surface area contributed by atoms with Crippen molar-refractivity contribution in [2.24, 2.45) is 16.7 Å². The highest BCUT2D eigenvalue weighted by atomic mass is 35.5. The molecular weight excluding hydrogens is 804 g/mol. The zero-order valence-electron chi connectivity index (χ0n) is 34.9. The zero-order chi connectivity index (χ0) is 43.7. The number of ether oxygens (including phenoxy) is 1. The Hall–Kier alpha value is -6.63. The molecule has 5 amide bonds. The average Bonchev–Trinajstić information content (AvgIpc) is 3.53. The largest absolute Gasteiger partial charge is 0.489 e. The molecule has 0 spiro atoms. The predicted molar refractivity (Wildman–Crippen MR) is 231 cm³/mol. The van der Waals surface area contributed by atoms with Crippen LogP contribution >= 0.6 is 11.6 Å². The number of carbonyl (C=O) groups is 5. The molecule has 1 N–H and O–H groups in total. The number of halogens is 1. The van der Waals surface area contributed by atoms with Crippen LogP contribution in [0, 0.1) is 39.9 Å². The van der Waals surface area contributed by atoms with Crippen molar-refractivity contribution < 1.29 is 28.7 Å². The van der Waals surface area contributed by atoms with Crippen LogP contribution in [-0.4, -0.2) is 75.5 Å². The summed E-state index contributed by atoms with van der Waals surface area (Å²) in [6.07, 6.45) is 11.5. The Balaban J connectivity index is 0.829. The Morgan fingerprint density at radius 1 is 0.839 bits per heavy atom. The van der Waals surface area contributed by atoms with E-state index in [0.717, 1.165) is 47.7 Å². The van der Waals surface area contributed by atoms with E-state index < -0.39 is 29.7 Å². The highest BCUT2D eigenvalue weighted by Crippen LogP contribution is 2.59. The fraction of sp³-hybridized carbons (Fsp3) is 0.347. The molecule has 9 rings (SSSR count). The maximum atomic E-state index is 13.9. The molecule has 13 heteroatoms. The van der Waals surface area contributed by atoms with Crippen molar-refractivity contribution in [1.82, 2.24) is 20.0 Å². The third kappa shape index (κ3) is 6.93. The van der Waals surface area contributed by atoms with Crippen LogP contribution in [0.4, 0.5) is 5.69 Å². The Bertz CT molecular complexity index is 2660. The molecule has 12 nitrogen and oxygen atoms in total. The van der Waals surface area contributed by atoms with E-state index in [2.05, 4.69) is 68.0 Å². The van der Waals surface area contributed by atoms with Gasteiger partial charge in [0.15, 0.2) is 0 Å². The van der Waals surface area contributed by atoms with Crippen molar-refractivity contribution in [3.8, 4) is 23.7 Å². The number of piperidine rings is 2. The summed E-state index contributed by atoms with van der Waals surface area (Å²) in [5.74, 6) is 5.61. The number of imide groups is 2. The summed E-state index contributed by atoms with van der Waals surface area (Å²) in [4.78, 5) is 72.0. The fourth-order valence-electron chi connectivity index (χ4n) is 10.6. The molecule has 3 fully saturated rings. The molecule has 62 heavy (non-hydrogen) atoms. The highest BCUT2D eigenvalue weighted by Gasteiger charge is 2.67. The van der Waals surface area contributed by atoms with Crippen LogP contribution in [0.2, 0.25) is 5.02 Å². The molecule has 3 aromatic carbocycles. The van der Waals surface area contributed by atoms with Crippen LogP contribution in [0.5, 0.6) is 5.75 Å². The van der Waals surface area contributed by atoms with E-state index in [0.29, 0.717) is 34.1 Å². The van der Waals surface area contributed by atoms with Gasteiger partial charge in [0.25, 0.3) is 17.7 Å². The quantitative estimate of drug-likeness (QED) is 0.206. The van der Waals surface area contributed by atoms with Crippen molar-refractivity contribution in [2.75, 3.05) is 18.0 Å². The first-order chi connectivity index (χ1) is 29.6. The summed E-state index contributed by atoms with van der Waals surface area (Å²) in [6.45, 7) is 10.6. The number of likely N-dealkylation sites (tertiary alicyclic amines) is 1. The predicted octanol–water partition coefficient (Wildman–Crippen LogP) is 6.95. The normalized spacial score (nSPS) is 23.8. The van der Waals surface area contributed by atoms with E-state index in [4.69, 9.17) is 16.3 Å². The van der Waals surface area contributed by atoms with Crippen LogP contribution in [0.15, 0.2) is 90.9 Å². The Kier molecular flexibility index (Phi) is 10.1. The monoisotopic (exact) mass is 848 g/mol. The lowest BCUT2D eigenvalue weighted by Gasteiger charge is -2.65. The summed E-state index contributed by atoms with van der Waals surface area (Å²) in [6, 6.07) is 17.1. The lowest BCUT2D eigenvalue weighted by molar-refractivity contribution is -0.199. The minimum Gasteiger partial charge on any atom is -0.489 e. The molecule has 6 aliphatic rings. The summed E-state index contributed by atoms with van der Waals surface area (Å²) in [7, 11) is 0. The molecule has 1 saturated carbocycles. The second-order valence-electron chi connectivity index (χ2n) is 18.0. The number of fused-ring (bicyclic) bond motifs is 2. The fourth-order valence-corrected chi connectivity index (χ4v) is 10.8. The third-order valence-corrected chi connectivity index (χ3v) is 13.5. The van der Waals surface area contributed by atoms with Crippen LogP contribution < -0.4 is 15.0 Å². The lowest BCUT2D eigenvalue weighted by Crippen LogP contribution is -2.74. The Morgan fingerprint density at radius 2 is 1.58 bits per heavy atom. The first-order valence-corrected chi connectivity index (χ1v) is 21.3. The second kappa shape index (κ2) is 15.4. The minimum atomic E-state index is -1.02. The van der Waals surface area contributed by atoms with Crippen LogP contribution in [0.25, 0.3) is 0 Å². The summed E-state index contributed by atoms with van der Waals surface area (Å²) in [5.41, 5.74) is 4.40. The first kappa shape index (κ1) is 40.8. The van der Waals surface area contributed by atoms with Crippen molar-refractivity contribution in [1.29, 1.82) is 5.26 Å². The number of allylic oxidation sites excluding steroid dienone is 3. The third-order valence-electron chi connectivity index (χ3n) is 13.2. The zero-order valence-corrected chi connectivity index (χ0v) is 35.7. The number of anilines is 1. The summed E-state index contributed by atoms with van der Waals surface area (Å²) < 4.78 is 6.48. The van der Waals surface area contributed by atoms with Gasteiger partial charge in [-0.15, -0.1) is 0 Å². The molecule has 1 atom stereocenters. The van der Waals surface area contributed by atoms with Crippen LogP contribution in [0.3, 0.4) is 0 Å². The van der Waals surface area contributed by atoms with Gasteiger partial charge in [-0.2, -0.15) is 5.26 Å². The number of nitrogens with one attached hydrogen (secondary N) is 1. The maximum Gasteiger partial charge on any atom is 0.262 e. The van der Waals surface area contributed by atoms with E-state index in [1.54, 1.807) is 36.4 Å². The van der Waals surface area contributed by atoms with Gasteiger partial charge < -0.3 is 19.4 Å². The van der Waals surface area contributed by atoms with Gasteiger partial charge in [-0.25, -0.2) is 0 Å². The van der Waals surface area contributed by atoms with Crippen LogP contribution in [0.1, 0.15) is 101 Å². The molecular formula is C49H45ClN6O6. The number of benzene rings is 3. The molecule has 314 valence electrons. The molecule has 0 bridgehead atoms. The number of rotatable bonds is 6.